The van der Waals surface area contributed by atoms with Crippen LogP contribution in [0.15, 0.2) is 78.5 Å². The summed E-state index contributed by atoms with van der Waals surface area (Å²) in [7, 11) is -1.48. The molecular formula is C19H22Si. The summed E-state index contributed by atoms with van der Waals surface area (Å²) in [6.07, 6.45) is 4.37. The summed E-state index contributed by atoms with van der Waals surface area (Å²) in [5.74, 6) is 0. The first-order valence-corrected chi connectivity index (χ1v) is 10.2. The van der Waals surface area contributed by atoms with Crippen molar-refractivity contribution >= 4 is 14.1 Å². The molecule has 1 heteroatoms. The molecule has 0 saturated heterocycles. The molecule has 0 aromatic heterocycles. The molecular weight excluding hydrogens is 256 g/mol. The summed E-state index contributed by atoms with van der Waals surface area (Å²) < 4.78 is 0. The molecule has 0 aliphatic carbocycles. The largest absolute Gasteiger partial charge is 0.0998 e. The number of allylic oxidation sites excluding steroid dienone is 2. The fourth-order valence-electron chi connectivity index (χ4n) is 2.21. The van der Waals surface area contributed by atoms with Crippen LogP contribution in [0.1, 0.15) is 11.1 Å². The van der Waals surface area contributed by atoms with Crippen LogP contribution in [0.25, 0.3) is 6.08 Å². The Morgan fingerprint density at radius 3 is 2.10 bits per heavy atom. The van der Waals surface area contributed by atoms with Gasteiger partial charge in [-0.3, -0.25) is 0 Å². The summed E-state index contributed by atoms with van der Waals surface area (Å²) in [6, 6.07) is 22.3. The van der Waals surface area contributed by atoms with Gasteiger partial charge in [-0.2, -0.15) is 0 Å². The molecule has 2 aromatic carbocycles. The van der Waals surface area contributed by atoms with Gasteiger partial charge in [0.1, 0.15) is 0 Å². The second kappa shape index (κ2) is 6.53. The van der Waals surface area contributed by atoms with E-state index in [0.717, 1.165) is 6.04 Å². The molecule has 20 heavy (non-hydrogen) atoms. The highest BCUT2D eigenvalue weighted by Gasteiger charge is 2.23. The molecule has 0 amide bonds. The predicted molar refractivity (Wildman–Crippen MR) is 92.2 cm³/mol. The van der Waals surface area contributed by atoms with Crippen LogP contribution in [0.2, 0.25) is 13.1 Å². The smallest absolute Gasteiger partial charge is 0.0841 e. The van der Waals surface area contributed by atoms with Crippen molar-refractivity contribution < 1.29 is 0 Å². The van der Waals surface area contributed by atoms with Gasteiger partial charge in [0.2, 0.25) is 0 Å². The Balaban J connectivity index is 2.06. The second-order valence-corrected chi connectivity index (χ2v) is 10.6. The molecule has 0 nitrogen and oxygen atoms in total. The number of hydrogen-bond acceptors (Lipinski definition) is 0. The first-order chi connectivity index (χ1) is 9.58. The molecule has 0 radical (unpaired) electrons. The quantitative estimate of drug-likeness (QED) is 0.515. The molecule has 0 bridgehead atoms. The predicted octanol–water partition coefficient (Wildman–Crippen LogP) is 5.29. The van der Waals surface area contributed by atoms with E-state index >= 15 is 0 Å². The number of benzene rings is 2. The van der Waals surface area contributed by atoms with Gasteiger partial charge in [0.25, 0.3) is 0 Å². The maximum absolute atomic E-state index is 4.31. The van der Waals surface area contributed by atoms with Crippen molar-refractivity contribution in [3.63, 3.8) is 0 Å². The standard InChI is InChI=1S/C19H22Si/c1-17(14-15-18-10-6-4-7-11-18)20(2,3)16-19-12-8-5-9-13-19/h4-15H,1,16H2,2-3H3/b15-14+. The molecule has 0 aliphatic rings. The monoisotopic (exact) mass is 278 g/mol. The average molecular weight is 278 g/mol. The Hall–Kier alpha value is -1.86. The van der Waals surface area contributed by atoms with Crippen LogP contribution < -0.4 is 0 Å². The minimum atomic E-state index is -1.48. The molecule has 0 spiro atoms. The van der Waals surface area contributed by atoms with Gasteiger partial charge in [0, 0.05) is 0 Å². The SMILES string of the molecule is C=C(/C=C/c1ccccc1)[Si](C)(C)Cc1ccccc1. The second-order valence-electron chi connectivity index (χ2n) is 5.82. The molecule has 2 aromatic rings. The van der Waals surface area contributed by atoms with Crippen LogP contribution in [-0.4, -0.2) is 8.07 Å². The van der Waals surface area contributed by atoms with Crippen LogP contribution in [0, 0.1) is 0 Å². The Kier molecular flexibility index (Phi) is 4.75. The lowest BCUT2D eigenvalue weighted by molar-refractivity contribution is 1.31. The van der Waals surface area contributed by atoms with Crippen LogP contribution in [0.5, 0.6) is 0 Å². The van der Waals surface area contributed by atoms with Gasteiger partial charge in [-0.1, -0.05) is 103 Å². The van der Waals surface area contributed by atoms with Crippen LogP contribution in [-0.2, 0) is 6.04 Å². The number of rotatable bonds is 5. The van der Waals surface area contributed by atoms with Crippen molar-refractivity contribution in [2.45, 2.75) is 19.1 Å². The van der Waals surface area contributed by atoms with Crippen molar-refractivity contribution in [1.82, 2.24) is 0 Å². The van der Waals surface area contributed by atoms with Crippen molar-refractivity contribution in [2.75, 3.05) is 0 Å². The highest BCUT2D eigenvalue weighted by Crippen LogP contribution is 2.21. The summed E-state index contributed by atoms with van der Waals surface area (Å²) in [6.45, 7) is 9.09. The van der Waals surface area contributed by atoms with E-state index in [9.17, 15) is 0 Å². The van der Waals surface area contributed by atoms with Crippen LogP contribution in [0.4, 0.5) is 0 Å². The molecule has 0 heterocycles. The highest BCUT2D eigenvalue weighted by molar-refractivity contribution is 6.84. The van der Waals surface area contributed by atoms with E-state index in [0.29, 0.717) is 0 Å². The van der Waals surface area contributed by atoms with Gasteiger partial charge in [-0.25, -0.2) is 0 Å². The molecule has 0 N–H and O–H groups in total. The summed E-state index contributed by atoms with van der Waals surface area (Å²) >= 11 is 0. The topological polar surface area (TPSA) is 0 Å². The molecule has 0 aliphatic heterocycles. The zero-order valence-electron chi connectivity index (χ0n) is 12.3. The van der Waals surface area contributed by atoms with Gasteiger partial charge in [0.15, 0.2) is 0 Å². The molecule has 0 atom stereocenters. The maximum atomic E-state index is 4.31. The zero-order valence-corrected chi connectivity index (χ0v) is 13.3. The fraction of sp³-hybridized carbons (Fsp3) is 0.158. The van der Waals surface area contributed by atoms with Gasteiger partial charge < -0.3 is 0 Å². The molecule has 2 rings (SSSR count). The Labute approximate surface area is 123 Å². The van der Waals surface area contributed by atoms with Gasteiger partial charge >= 0.3 is 0 Å². The van der Waals surface area contributed by atoms with Gasteiger partial charge in [0.05, 0.1) is 8.07 Å². The molecule has 0 unspecified atom stereocenters. The van der Waals surface area contributed by atoms with E-state index < -0.39 is 8.07 Å². The minimum Gasteiger partial charge on any atom is -0.0998 e. The normalized spacial score (nSPS) is 11.7. The van der Waals surface area contributed by atoms with Crippen molar-refractivity contribution in [3.8, 4) is 0 Å². The Morgan fingerprint density at radius 1 is 0.950 bits per heavy atom. The number of hydrogen-bond donors (Lipinski definition) is 0. The van der Waals surface area contributed by atoms with Crippen molar-refractivity contribution in [3.05, 3.63) is 89.6 Å². The molecule has 102 valence electrons. The third-order valence-electron chi connectivity index (χ3n) is 3.63. The minimum absolute atomic E-state index is 1.14. The average Bonchev–Trinajstić information content (AvgIpc) is 2.46. The molecule has 0 fully saturated rings. The third kappa shape index (κ3) is 4.07. The van der Waals surface area contributed by atoms with E-state index in [1.165, 1.54) is 16.3 Å². The lowest BCUT2D eigenvalue weighted by Crippen LogP contribution is -2.31. The van der Waals surface area contributed by atoms with E-state index in [-0.39, 0.29) is 0 Å². The lowest BCUT2D eigenvalue weighted by Gasteiger charge is -2.23. The zero-order chi connectivity index (χ0) is 14.4. The van der Waals surface area contributed by atoms with Crippen LogP contribution >= 0.6 is 0 Å². The van der Waals surface area contributed by atoms with Crippen LogP contribution in [0.3, 0.4) is 0 Å². The fourth-order valence-corrected chi connectivity index (χ4v) is 4.22. The van der Waals surface area contributed by atoms with Gasteiger partial charge in [-0.05, 0) is 11.6 Å². The van der Waals surface area contributed by atoms with E-state index in [2.05, 4.69) is 86.4 Å². The third-order valence-corrected chi connectivity index (χ3v) is 6.83. The lowest BCUT2D eigenvalue weighted by atomic mass is 10.2. The first kappa shape index (κ1) is 14.5. The Morgan fingerprint density at radius 2 is 1.50 bits per heavy atom. The van der Waals surface area contributed by atoms with Crippen molar-refractivity contribution in [1.29, 1.82) is 0 Å². The first-order valence-electron chi connectivity index (χ1n) is 7.04. The van der Waals surface area contributed by atoms with Crippen molar-refractivity contribution in [2.24, 2.45) is 0 Å². The summed E-state index contributed by atoms with van der Waals surface area (Å²) in [4.78, 5) is 0. The van der Waals surface area contributed by atoms with Gasteiger partial charge in [-0.15, -0.1) is 0 Å². The Bertz CT molecular complexity index is 580. The molecule has 0 saturated carbocycles. The summed E-state index contributed by atoms with van der Waals surface area (Å²) in [5, 5.41) is 1.30. The van der Waals surface area contributed by atoms with E-state index in [1.54, 1.807) is 0 Å². The van der Waals surface area contributed by atoms with E-state index in [4.69, 9.17) is 0 Å². The maximum Gasteiger partial charge on any atom is 0.0841 e. The highest BCUT2D eigenvalue weighted by atomic mass is 28.3. The summed E-state index contributed by atoms with van der Waals surface area (Å²) in [5.41, 5.74) is 2.65. The van der Waals surface area contributed by atoms with E-state index in [1.807, 2.05) is 6.07 Å².